The van der Waals surface area contributed by atoms with E-state index >= 15 is 0 Å². The van der Waals surface area contributed by atoms with Gasteiger partial charge in [-0.15, -0.1) is 0 Å². The van der Waals surface area contributed by atoms with Crippen LogP contribution < -0.4 is 10.6 Å². The van der Waals surface area contributed by atoms with Crippen LogP contribution in [0.4, 0.5) is 16.2 Å². The van der Waals surface area contributed by atoms with E-state index in [0.717, 1.165) is 12.1 Å². The molecule has 0 aliphatic rings. The van der Waals surface area contributed by atoms with Gasteiger partial charge in [0.25, 0.3) is 0 Å². The van der Waals surface area contributed by atoms with Crippen LogP contribution in [0.1, 0.15) is 18.1 Å². The van der Waals surface area contributed by atoms with Crippen molar-refractivity contribution in [2.75, 3.05) is 31.3 Å². The van der Waals surface area contributed by atoms with Crippen LogP contribution in [0.2, 0.25) is 0 Å². The Kier molecular flexibility index (Phi) is 6.55. The van der Waals surface area contributed by atoms with Gasteiger partial charge in [0.05, 0.1) is 24.5 Å². The minimum absolute atomic E-state index is 0.320. The largest absolute Gasteiger partial charge is 0.390 e. The zero-order valence-electron chi connectivity index (χ0n) is 15.3. The molecule has 1 heterocycles. The number of hydrogen-bond acceptors (Lipinski definition) is 4. The number of rotatable bonds is 7. The van der Waals surface area contributed by atoms with Crippen LogP contribution >= 0.6 is 0 Å². The molecule has 136 valence electrons. The molecular weight excluding hydrogens is 318 g/mol. The number of urea groups is 1. The number of carbonyl (C=O) groups is 1. The number of aryl methyl sites for hydroxylation is 2. The third kappa shape index (κ3) is 5.88. The van der Waals surface area contributed by atoms with Crippen LogP contribution in [0.15, 0.2) is 30.6 Å². The zero-order valence-corrected chi connectivity index (χ0v) is 15.3. The van der Waals surface area contributed by atoms with Gasteiger partial charge in [-0.3, -0.25) is 4.68 Å². The van der Waals surface area contributed by atoms with Crippen LogP contribution in [-0.2, 0) is 13.0 Å². The van der Waals surface area contributed by atoms with Crippen molar-refractivity contribution < 1.29 is 9.90 Å². The van der Waals surface area contributed by atoms with Gasteiger partial charge in [0.2, 0.25) is 0 Å². The highest BCUT2D eigenvalue weighted by Crippen LogP contribution is 2.16. The molecule has 1 atom stereocenters. The molecule has 7 heteroatoms. The maximum absolute atomic E-state index is 12.1. The van der Waals surface area contributed by atoms with Crippen molar-refractivity contribution in [3.63, 3.8) is 0 Å². The van der Waals surface area contributed by atoms with E-state index in [9.17, 15) is 9.90 Å². The molecule has 0 spiro atoms. The highest BCUT2D eigenvalue weighted by atomic mass is 16.3. The summed E-state index contributed by atoms with van der Waals surface area (Å²) in [4.78, 5) is 14.0. The van der Waals surface area contributed by atoms with E-state index < -0.39 is 6.10 Å². The van der Waals surface area contributed by atoms with Crippen molar-refractivity contribution in [1.82, 2.24) is 14.7 Å². The lowest BCUT2D eigenvalue weighted by Crippen LogP contribution is -2.29. The van der Waals surface area contributed by atoms with Crippen molar-refractivity contribution in [3.05, 3.63) is 41.7 Å². The Morgan fingerprint density at radius 2 is 2.04 bits per heavy atom. The lowest BCUT2D eigenvalue weighted by molar-refractivity contribution is 0.116. The molecule has 0 radical (unpaired) electrons. The van der Waals surface area contributed by atoms with Gasteiger partial charge in [0, 0.05) is 18.4 Å². The van der Waals surface area contributed by atoms with E-state index in [1.807, 2.05) is 37.2 Å². The molecule has 0 fully saturated rings. The van der Waals surface area contributed by atoms with E-state index in [1.54, 1.807) is 17.1 Å². The summed E-state index contributed by atoms with van der Waals surface area (Å²) in [7, 11) is 3.80. The smallest absolute Gasteiger partial charge is 0.323 e. The second kappa shape index (κ2) is 8.64. The minimum atomic E-state index is -0.517. The van der Waals surface area contributed by atoms with Gasteiger partial charge in [-0.05, 0) is 50.7 Å². The number of aromatic nitrogens is 2. The monoisotopic (exact) mass is 345 g/mol. The summed E-state index contributed by atoms with van der Waals surface area (Å²) in [5, 5.41) is 19.7. The van der Waals surface area contributed by atoms with Gasteiger partial charge in [-0.25, -0.2) is 4.79 Å². The summed E-state index contributed by atoms with van der Waals surface area (Å²) in [6.45, 7) is 5.07. The van der Waals surface area contributed by atoms with Gasteiger partial charge >= 0.3 is 6.03 Å². The number of likely N-dealkylation sites (N-methyl/N-ethyl adjacent to an activating group) is 1. The highest BCUT2D eigenvalue weighted by Gasteiger charge is 2.10. The van der Waals surface area contributed by atoms with Crippen molar-refractivity contribution in [1.29, 1.82) is 0 Å². The molecule has 0 bridgehead atoms. The molecule has 3 N–H and O–H groups in total. The van der Waals surface area contributed by atoms with Crippen molar-refractivity contribution >= 4 is 17.4 Å². The molecule has 2 amide bonds. The normalized spacial score (nSPS) is 12.2. The number of amides is 2. The van der Waals surface area contributed by atoms with Crippen molar-refractivity contribution in [2.24, 2.45) is 0 Å². The first kappa shape index (κ1) is 19.0. The quantitative estimate of drug-likeness (QED) is 0.719. The van der Waals surface area contributed by atoms with Crippen LogP contribution in [0.5, 0.6) is 0 Å². The Bertz CT molecular complexity index is 711. The summed E-state index contributed by atoms with van der Waals surface area (Å²) >= 11 is 0. The third-order valence-electron chi connectivity index (χ3n) is 3.85. The van der Waals surface area contributed by atoms with Crippen LogP contribution in [0, 0.1) is 6.92 Å². The fraction of sp³-hybridized carbons (Fsp3) is 0.444. The molecule has 1 aromatic carbocycles. The van der Waals surface area contributed by atoms with Gasteiger partial charge in [0.15, 0.2) is 0 Å². The molecule has 0 saturated heterocycles. The predicted octanol–water partition coefficient (Wildman–Crippen LogP) is 2.32. The van der Waals surface area contributed by atoms with Gasteiger partial charge in [-0.2, -0.15) is 5.10 Å². The van der Waals surface area contributed by atoms with Gasteiger partial charge in [-0.1, -0.05) is 13.0 Å². The van der Waals surface area contributed by atoms with Crippen molar-refractivity contribution in [2.45, 2.75) is 32.9 Å². The average Bonchev–Trinajstić information content (AvgIpc) is 2.94. The standard InChI is InChI=1S/C18H27N5O2/c1-5-14-8-15(7-6-13(14)2)20-18(25)21-16-9-19-23(10-16)12-17(24)11-22(3)4/h6-10,17,24H,5,11-12H2,1-4H3,(H2,20,21,25). The lowest BCUT2D eigenvalue weighted by Gasteiger charge is -2.15. The number of aliphatic hydroxyl groups excluding tert-OH is 1. The molecule has 7 nitrogen and oxygen atoms in total. The molecular formula is C18H27N5O2. The third-order valence-corrected chi connectivity index (χ3v) is 3.85. The first-order chi connectivity index (χ1) is 11.9. The minimum Gasteiger partial charge on any atom is -0.390 e. The molecule has 1 unspecified atom stereocenters. The molecule has 0 aliphatic heterocycles. The second-order valence-corrected chi connectivity index (χ2v) is 6.44. The van der Waals surface area contributed by atoms with Gasteiger partial charge < -0.3 is 20.6 Å². The summed E-state index contributed by atoms with van der Waals surface area (Å²) in [5.74, 6) is 0. The number of nitrogens with one attached hydrogen (secondary N) is 2. The van der Waals surface area contributed by atoms with Crippen molar-refractivity contribution in [3.8, 4) is 0 Å². The van der Waals surface area contributed by atoms with Crippen LogP contribution in [0.25, 0.3) is 0 Å². The molecule has 0 saturated carbocycles. The Morgan fingerprint density at radius 1 is 1.32 bits per heavy atom. The van der Waals surface area contributed by atoms with Gasteiger partial charge in [0.1, 0.15) is 0 Å². The number of nitrogens with zero attached hydrogens (tertiary/aromatic N) is 3. The average molecular weight is 345 g/mol. The molecule has 25 heavy (non-hydrogen) atoms. The van der Waals surface area contributed by atoms with E-state index in [0.29, 0.717) is 18.8 Å². The molecule has 2 aromatic rings. The zero-order chi connectivity index (χ0) is 18.4. The Morgan fingerprint density at radius 3 is 2.72 bits per heavy atom. The fourth-order valence-corrected chi connectivity index (χ4v) is 2.65. The molecule has 0 aliphatic carbocycles. The van der Waals surface area contributed by atoms with E-state index in [1.165, 1.54) is 11.1 Å². The first-order valence-corrected chi connectivity index (χ1v) is 8.40. The number of anilines is 2. The summed E-state index contributed by atoms with van der Waals surface area (Å²) < 4.78 is 1.62. The summed E-state index contributed by atoms with van der Waals surface area (Å²) in [5.41, 5.74) is 3.76. The summed E-state index contributed by atoms with van der Waals surface area (Å²) in [6, 6.07) is 5.54. The summed E-state index contributed by atoms with van der Waals surface area (Å²) in [6.07, 6.45) is 3.67. The van der Waals surface area contributed by atoms with E-state index in [2.05, 4.69) is 29.6 Å². The Hall–Kier alpha value is -2.38. The number of aliphatic hydroxyl groups is 1. The topological polar surface area (TPSA) is 82.4 Å². The first-order valence-electron chi connectivity index (χ1n) is 8.40. The number of hydrogen-bond donors (Lipinski definition) is 3. The number of benzene rings is 1. The second-order valence-electron chi connectivity index (χ2n) is 6.44. The van der Waals surface area contributed by atoms with Crippen LogP contribution in [0.3, 0.4) is 0 Å². The SMILES string of the molecule is CCc1cc(NC(=O)Nc2cnn(CC(O)CN(C)C)c2)ccc1C. The highest BCUT2D eigenvalue weighted by molar-refractivity contribution is 5.99. The molecule has 2 rings (SSSR count). The maximum Gasteiger partial charge on any atom is 0.323 e. The maximum atomic E-state index is 12.1. The predicted molar refractivity (Wildman–Crippen MR) is 100.0 cm³/mol. The van der Waals surface area contributed by atoms with Crippen LogP contribution in [-0.4, -0.2) is 52.6 Å². The molecule has 1 aromatic heterocycles. The fourth-order valence-electron chi connectivity index (χ4n) is 2.65. The van der Waals surface area contributed by atoms with E-state index in [4.69, 9.17) is 0 Å². The number of carbonyl (C=O) groups excluding carboxylic acids is 1. The van der Waals surface area contributed by atoms with E-state index in [-0.39, 0.29) is 6.03 Å². The lowest BCUT2D eigenvalue weighted by atomic mass is 10.1. The Balaban J connectivity index is 1.91. The Labute approximate surface area is 148 Å².